The zero-order chi connectivity index (χ0) is 19.1. The van der Waals surface area contributed by atoms with Crippen molar-refractivity contribution < 1.29 is 0 Å². The predicted octanol–water partition coefficient (Wildman–Crippen LogP) is 4.09. The summed E-state index contributed by atoms with van der Waals surface area (Å²) in [6, 6.07) is 8.24. The van der Waals surface area contributed by atoms with Crippen molar-refractivity contribution in [2.24, 2.45) is 0 Å². The van der Waals surface area contributed by atoms with Crippen LogP contribution < -0.4 is 5.56 Å². The minimum Gasteiger partial charge on any atom is -0.309 e. The molecule has 138 valence electrons. The fourth-order valence-electron chi connectivity index (χ4n) is 2.93. The molecular formula is C19H19N5OS2. The number of thioether (sulfide) groups is 1. The lowest BCUT2D eigenvalue weighted by atomic mass is 10.2. The lowest BCUT2D eigenvalue weighted by Gasteiger charge is -2.08. The minimum atomic E-state index is -0.0753. The molecular weight excluding hydrogens is 378 g/mol. The van der Waals surface area contributed by atoms with E-state index in [4.69, 9.17) is 0 Å². The summed E-state index contributed by atoms with van der Waals surface area (Å²) in [5, 5.41) is 9.98. The number of rotatable bonds is 4. The predicted molar refractivity (Wildman–Crippen MR) is 110 cm³/mol. The molecule has 0 spiro atoms. The third kappa shape index (κ3) is 3.30. The molecule has 27 heavy (non-hydrogen) atoms. The van der Waals surface area contributed by atoms with Crippen molar-refractivity contribution in [2.45, 2.75) is 38.6 Å². The fraction of sp³-hybridized carbons (Fsp3) is 0.263. The van der Waals surface area contributed by atoms with Crippen LogP contribution >= 0.6 is 23.1 Å². The smallest absolute Gasteiger partial charge is 0.259 e. The third-order valence-corrected chi connectivity index (χ3v) is 6.55. The molecule has 6 nitrogen and oxygen atoms in total. The number of H-pyrrole nitrogens is 1. The van der Waals surface area contributed by atoms with Gasteiger partial charge in [0, 0.05) is 10.6 Å². The normalized spacial score (nSPS) is 11.4. The molecule has 0 bridgehead atoms. The van der Waals surface area contributed by atoms with Crippen LogP contribution in [0.2, 0.25) is 0 Å². The van der Waals surface area contributed by atoms with Crippen LogP contribution in [0.15, 0.2) is 34.2 Å². The molecule has 0 aliphatic heterocycles. The molecule has 4 aromatic rings. The second-order valence-electron chi connectivity index (χ2n) is 6.47. The Bertz CT molecular complexity index is 1190. The first kappa shape index (κ1) is 17.9. The Morgan fingerprint density at radius 3 is 2.59 bits per heavy atom. The number of hydrogen-bond donors (Lipinski definition) is 1. The van der Waals surface area contributed by atoms with Crippen LogP contribution in [0.25, 0.3) is 15.9 Å². The maximum atomic E-state index is 12.4. The second kappa shape index (κ2) is 6.94. The summed E-state index contributed by atoms with van der Waals surface area (Å²) in [4.78, 5) is 21.9. The zero-order valence-corrected chi connectivity index (χ0v) is 17.2. The van der Waals surface area contributed by atoms with E-state index in [-0.39, 0.29) is 5.56 Å². The summed E-state index contributed by atoms with van der Waals surface area (Å²) in [5.74, 6) is 1.99. The highest BCUT2D eigenvalue weighted by Crippen LogP contribution is 2.28. The number of aromatic amines is 1. The van der Waals surface area contributed by atoms with E-state index in [0.29, 0.717) is 17.0 Å². The number of thiophene rings is 1. The molecule has 0 amide bonds. The SMILES string of the molecule is Cc1ccc(-n2c(C)nnc2SCc2nc3sc(C)c(C)c3c(=O)[nH]2)cc1. The zero-order valence-electron chi connectivity index (χ0n) is 15.5. The third-order valence-electron chi connectivity index (χ3n) is 4.51. The lowest BCUT2D eigenvalue weighted by molar-refractivity contribution is 0.866. The number of fused-ring (bicyclic) bond motifs is 1. The van der Waals surface area contributed by atoms with E-state index in [1.165, 1.54) is 17.3 Å². The van der Waals surface area contributed by atoms with Gasteiger partial charge >= 0.3 is 0 Å². The van der Waals surface area contributed by atoms with Gasteiger partial charge in [0.05, 0.1) is 11.1 Å². The van der Waals surface area contributed by atoms with Gasteiger partial charge in [-0.2, -0.15) is 0 Å². The average molecular weight is 398 g/mol. The molecule has 3 aromatic heterocycles. The molecule has 0 atom stereocenters. The van der Waals surface area contributed by atoms with Crippen LogP contribution in [0.1, 0.15) is 27.7 Å². The molecule has 0 saturated heterocycles. The average Bonchev–Trinajstić information content (AvgIpc) is 3.14. The first-order valence-electron chi connectivity index (χ1n) is 8.55. The van der Waals surface area contributed by atoms with E-state index in [1.807, 2.05) is 25.3 Å². The highest BCUT2D eigenvalue weighted by atomic mass is 32.2. The van der Waals surface area contributed by atoms with Crippen LogP contribution in [0, 0.1) is 27.7 Å². The first-order chi connectivity index (χ1) is 12.9. The van der Waals surface area contributed by atoms with Crippen molar-refractivity contribution in [3.63, 3.8) is 0 Å². The number of hydrogen-bond acceptors (Lipinski definition) is 6. The lowest BCUT2D eigenvalue weighted by Crippen LogP contribution is -2.11. The van der Waals surface area contributed by atoms with Gasteiger partial charge < -0.3 is 4.98 Å². The van der Waals surface area contributed by atoms with Gasteiger partial charge in [-0.1, -0.05) is 29.5 Å². The van der Waals surface area contributed by atoms with E-state index in [9.17, 15) is 4.79 Å². The first-order valence-corrected chi connectivity index (χ1v) is 10.3. The van der Waals surface area contributed by atoms with Gasteiger partial charge in [0.1, 0.15) is 16.5 Å². The Hall–Kier alpha value is -2.45. The van der Waals surface area contributed by atoms with Crippen molar-refractivity contribution in [3.05, 3.63) is 62.3 Å². The topological polar surface area (TPSA) is 76.5 Å². The molecule has 8 heteroatoms. The van der Waals surface area contributed by atoms with Gasteiger partial charge in [0.25, 0.3) is 5.56 Å². The Kier molecular flexibility index (Phi) is 4.61. The monoisotopic (exact) mass is 397 g/mol. The number of aryl methyl sites for hydroxylation is 4. The maximum absolute atomic E-state index is 12.4. The van der Waals surface area contributed by atoms with Crippen LogP contribution in [-0.2, 0) is 5.75 Å². The van der Waals surface area contributed by atoms with Crippen LogP contribution in [0.3, 0.4) is 0 Å². The van der Waals surface area contributed by atoms with E-state index in [2.05, 4.69) is 51.4 Å². The molecule has 0 aliphatic carbocycles. The Morgan fingerprint density at radius 1 is 1.11 bits per heavy atom. The summed E-state index contributed by atoms with van der Waals surface area (Å²) in [6.45, 7) is 7.97. The molecule has 0 fully saturated rings. The summed E-state index contributed by atoms with van der Waals surface area (Å²) >= 11 is 3.07. The van der Waals surface area contributed by atoms with Crippen molar-refractivity contribution in [1.29, 1.82) is 0 Å². The number of nitrogens with one attached hydrogen (secondary N) is 1. The van der Waals surface area contributed by atoms with Crippen molar-refractivity contribution in [3.8, 4) is 5.69 Å². The van der Waals surface area contributed by atoms with Crippen LogP contribution in [0.4, 0.5) is 0 Å². The molecule has 3 heterocycles. The van der Waals surface area contributed by atoms with Gasteiger partial charge in [-0.15, -0.1) is 21.5 Å². The van der Waals surface area contributed by atoms with E-state index in [1.54, 1.807) is 11.3 Å². The summed E-state index contributed by atoms with van der Waals surface area (Å²) in [7, 11) is 0. The van der Waals surface area contributed by atoms with Gasteiger partial charge in [-0.3, -0.25) is 9.36 Å². The highest BCUT2D eigenvalue weighted by molar-refractivity contribution is 7.98. The molecule has 4 rings (SSSR count). The van der Waals surface area contributed by atoms with E-state index < -0.39 is 0 Å². The van der Waals surface area contributed by atoms with Crippen molar-refractivity contribution in [2.75, 3.05) is 0 Å². The molecule has 0 aliphatic rings. The van der Waals surface area contributed by atoms with Gasteiger partial charge in [-0.05, 0) is 45.4 Å². The Labute approximate surface area is 164 Å². The van der Waals surface area contributed by atoms with E-state index in [0.717, 1.165) is 31.9 Å². The molecule has 0 saturated carbocycles. The fourth-order valence-corrected chi connectivity index (χ4v) is 4.84. The molecule has 1 N–H and O–H groups in total. The van der Waals surface area contributed by atoms with Crippen LogP contribution in [-0.4, -0.2) is 24.7 Å². The van der Waals surface area contributed by atoms with Crippen LogP contribution in [0.5, 0.6) is 0 Å². The highest BCUT2D eigenvalue weighted by Gasteiger charge is 2.15. The molecule has 0 radical (unpaired) electrons. The Morgan fingerprint density at radius 2 is 1.85 bits per heavy atom. The van der Waals surface area contributed by atoms with E-state index >= 15 is 0 Å². The largest absolute Gasteiger partial charge is 0.309 e. The van der Waals surface area contributed by atoms with Gasteiger partial charge in [0.2, 0.25) is 0 Å². The molecule has 1 aromatic carbocycles. The summed E-state index contributed by atoms with van der Waals surface area (Å²) < 4.78 is 2.01. The van der Waals surface area contributed by atoms with Crippen molar-refractivity contribution in [1.82, 2.24) is 24.7 Å². The Balaban J connectivity index is 1.64. The molecule has 0 unspecified atom stereocenters. The number of aromatic nitrogens is 5. The van der Waals surface area contributed by atoms with Gasteiger partial charge in [-0.25, -0.2) is 4.98 Å². The standard InChI is InChI=1S/C19H19N5OS2/c1-10-5-7-14(8-6-10)24-13(4)22-23-19(24)26-9-15-20-17(25)16-11(2)12(3)27-18(16)21-15/h5-8H,9H2,1-4H3,(H,20,21,25). The summed E-state index contributed by atoms with van der Waals surface area (Å²) in [5.41, 5.74) is 3.16. The maximum Gasteiger partial charge on any atom is 0.259 e. The summed E-state index contributed by atoms with van der Waals surface area (Å²) in [6.07, 6.45) is 0. The quantitative estimate of drug-likeness (QED) is 0.525. The minimum absolute atomic E-state index is 0.0753. The van der Waals surface area contributed by atoms with Gasteiger partial charge in [0.15, 0.2) is 5.16 Å². The number of nitrogens with zero attached hydrogens (tertiary/aromatic N) is 4. The number of benzene rings is 1. The second-order valence-corrected chi connectivity index (χ2v) is 8.61. The van der Waals surface area contributed by atoms with Crippen molar-refractivity contribution >= 4 is 33.3 Å².